The first-order valence-corrected chi connectivity index (χ1v) is 12.8. The Labute approximate surface area is 215 Å². The Morgan fingerprint density at radius 2 is 2.11 bits per heavy atom. The molecule has 0 unspecified atom stereocenters. The highest BCUT2D eigenvalue weighted by Gasteiger charge is 2.27. The van der Waals surface area contributed by atoms with E-state index < -0.39 is 0 Å². The second kappa shape index (κ2) is 11.7. The molecule has 0 aliphatic carbocycles. The number of anilines is 1. The highest BCUT2D eigenvalue weighted by molar-refractivity contribution is 5.93. The normalized spacial score (nSPS) is 18.3. The molecule has 0 radical (unpaired) electrons. The van der Waals surface area contributed by atoms with Crippen molar-refractivity contribution < 1.29 is 23.7 Å². The van der Waals surface area contributed by atoms with E-state index in [4.69, 9.17) is 18.9 Å². The summed E-state index contributed by atoms with van der Waals surface area (Å²) in [4.78, 5) is 31.7. The molecule has 2 N–H and O–H groups in total. The van der Waals surface area contributed by atoms with Crippen LogP contribution in [0, 0.1) is 0 Å². The number of aromatic nitrogens is 4. The van der Waals surface area contributed by atoms with Gasteiger partial charge in [-0.3, -0.25) is 4.79 Å². The van der Waals surface area contributed by atoms with Crippen molar-refractivity contribution in [2.75, 3.05) is 58.6 Å². The number of hydrogen-bond donors (Lipinski definition) is 2. The SMILES string of the molecule is COCCNC(=O)c1cc(N2CCC(c3c[nH]c4nccc(OC)c34)CC2)nc(OC[C@H]2CCCO2)n1. The molecule has 11 heteroatoms. The first-order valence-electron chi connectivity index (χ1n) is 12.8. The molecule has 5 rings (SSSR count). The van der Waals surface area contributed by atoms with E-state index in [9.17, 15) is 4.79 Å². The van der Waals surface area contributed by atoms with Gasteiger partial charge in [0.05, 0.1) is 25.2 Å². The fourth-order valence-corrected chi connectivity index (χ4v) is 5.02. The summed E-state index contributed by atoms with van der Waals surface area (Å²) >= 11 is 0. The number of pyridine rings is 1. The minimum Gasteiger partial charge on any atom is -0.496 e. The van der Waals surface area contributed by atoms with Crippen molar-refractivity contribution in [2.45, 2.75) is 37.7 Å². The Morgan fingerprint density at radius 1 is 1.24 bits per heavy atom. The first kappa shape index (κ1) is 25.2. The summed E-state index contributed by atoms with van der Waals surface area (Å²) in [7, 11) is 3.28. The molecule has 198 valence electrons. The summed E-state index contributed by atoms with van der Waals surface area (Å²) in [5, 5.41) is 3.88. The topological polar surface area (TPSA) is 124 Å². The first-order chi connectivity index (χ1) is 18.2. The van der Waals surface area contributed by atoms with Crippen LogP contribution in [0.5, 0.6) is 11.8 Å². The van der Waals surface area contributed by atoms with Crippen molar-refractivity contribution in [1.29, 1.82) is 0 Å². The number of piperidine rings is 1. The highest BCUT2D eigenvalue weighted by Crippen LogP contribution is 2.37. The molecule has 0 bridgehead atoms. The molecule has 5 heterocycles. The average molecular weight is 511 g/mol. The standard InChI is InChI=1S/C26H34N6O5/c1-34-13-9-28-25(33)20-14-22(31-26(30-20)37-16-18-4-3-12-36-18)32-10-6-17(7-11-32)19-15-29-24-23(19)21(35-2)5-8-27-24/h5,8,14-15,17-18H,3-4,6-7,9-13,16H2,1-2H3,(H,27,29)(H,28,33)/t18-/m1/s1. The monoisotopic (exact) mass is 510 g/mol. The van der Waals surface area contributed by atoms with Gasteiger partial charge in [-0.1, -0.05) is 0 Å². The zero-order chi connectivity index (χ0) is 25.6. The Hall–Kier alpha value is -3.44. The van der Waals surface area contributed by atoms with Gasteiger partial charge in [-0.25, -0.2) is 4.98 Å². The van der Waals surface area contributed by atoms with Crippen molar-refractivity contribution in [3.05, 3.63) is 35.8 Å². The van der Waals surface area contributed by atoms with Crippen LogP contribution in [0.4, 0.5) is 5.82 Å². The maximum atomic E-state index is 12.8. The molecule has 11 nitrogen and oxygen atoms in total. The molecule has 0 saturated carbocycles. The van der Waals surface area contributed by atoms with Crippen LogP contribution in [-0.4, -0.2) is 85.6 Å². The number of carbonyl (C=O) groups is 1. The van der Waals surface area contributed by atoms with E-state index in [0.717, 1.165) is 62.2 Å². The van der Waals surface area contributed by atoms with Crippen LogP contribution in [0.2, 0.25) is 0 Å². The third kappa shape index (κ3) is 5.78. The lowest BCUT2D eigenvalue weighted by molar-refractivity contribution is 0.0643. The van der Waals surface area contributed by atoms with Gasteiger partial charge in [0.15, 0.2) is 0 Å². The summed E-state index contributed by atoms with van der Waals surface area (Å²) in [5.41, 5.74) is 2.34. The van der Waals surface area contributed by atoms with E-state index >= 15 is 0 Å². The van der Waals surface area contributed by atoms with Crippen LogP contribution >= 0.6 is 0 Å². The number of aromatic amines is 1. The summed E-state index contributed by atoms with van der Waals surface area (Å²) in [6, 6.07) is 3.83. The van der Waals surface area contributed by atoms with E-state index in [0.29, 0.717) is 31.5 Å². The quantitative estimate of drug-likeness (QED) is 0.396. The molecule has 3 aromatic heterocycles. The molecular weight excluding hydrogens is 476 g/mol. The van der Waals surface area contributed by atoms with Gasteiger partial charge in [-0.05, 0) is 43.2 Å². The Balaban J connectivity index is 1.31. The number of amides is 1. The van der Waals surface area contributed by atoms with E-state index in [1.807, 2.05) is 12.3 Å². The number of rotatable bonds is 10. The van der Waals surface area contributed by atoms with E-state index in [1.54, 1.807) is 26.5 Å². The minimum absolute atomic E-state index is 0.0321. The largest absolute Gasteiger partial charge is 0.496 e. The summed E-state index contributed by atoms with van der Waals surface area (Å²) < 4.78 is 22.2. The van der Waals surface area contributed by atoms with Crippen LogP contribution in [0.1, 0.15) is 47.7 Å². The molecule has 2 aliphatic heterocycles. The van der Waals surface area contributed by atoms with Crippen molar-refractivity contribution in [1.82, 2.24) is 25.3 Å². The zero-order valence-electron chi connectivity index (χ0n) is 21.4. The van der Waals surface area contributed by atoms with Crippen molar-refractivity contribution in [3.63, 3.8) is 0 Å². The number of H-pyrrole nitrogens is 1. The number of methoxy groups -OCH3 is 2. The van der Waals surface area contributed by atoms with Gasteiger partial charge in [0, 0.05) is 51.8 Å². The second-order valence-corrected chi connectivity index (χ2v) is 9.33. The molecule has 0 aromatic carbocycles. The predicted molar refractivity (Wildman–Crippen MR) is 138 cm³/mol. The fraction of sp³-hybridized carbons (Fsp3) is 0.538. The lowest BCUT2D eigenvalue weighted by Crippen LogP contribution is -2.34. The number of hydrogen-bond acceptors (Lipinski definition) is 9. The lowest BCUT2D eigenvalue weighted by Gasteiger charge is -2.33. The Morgan fingerprint density at radius 3 is 2.86 bits per heavy atom. The number of carbonyl (C=O) groups excluding carboxylic acids is 1. The van der Waals surface area contributed by atoms with Gasteiger partial charge in [0.25, 0.3) is 5.91 Å². The van der Waals surface area contributed by atoms with Gasteiger partial charge < -0.3 is 34.1 Å². The van der Waals surface area contributed by atoms with E-state index in [2.05, 4.69) is 30.2 Å². The number of ether oxygens (including phenoxy) is 4. The average Bonchev–Trinajstić information content (AvgIpc) is 3.62. The van der Waals surface area contributed by atoms with Crippen molar-refractivity contribution in [2.24, 2.45) is 0 Å². The molecule has 37 heavy (non-hydrogen) atoms. The Bertz CT molecular complexity index is 1200. The van der Waals surface area contributed by atoms with Gasteiger partial charge >= 0.3 is 6.01 Å². The third-order valence-electron chi connectivity index (χ3n) is 6.98. The lowest BCUT2D eigenvalue weighted by atomic mass is 9.89. The van der Waals surface area contributed by atoms with Crippen molar-refractivity contribution >= 4 is 22.8 Å². The third-order valence-corrected chi connectivity index (χ3v) is 6.98. The van der Waals surface area contributed by atoms with Crippen LogP contribution < -0.4 is 19.7 Å². The molecule has 2 aliphatic rings. The molecule has 2 saturated heterocycles. The number of nitrogens with one attached hydrogen (secondary N) is 2. The van der Waals surface area contributed by atoms with Gasteiger partial charge in [0.2, 0.25) is 0 Å². The molecular formula is C26H34N6O5. The maximum Gasteiger partial charge on any atom is 0.319 e. The molecule has 2 fully saturated rings. The van der Waals surface area contributed by atoms with Crippen LogP contribution in [0.25, 0.3) is 11.0 Å². The Kier molecular flexibility index (Phi) is 8.00. The highest BCUT2D eigenvalue weighted by atomic mass is 16.5. The number of fused-ring (bicyclic) bond motifs is 1. The fourth-order valence-electron chi connectivity index (χ4n) is 5.02. The summed E-state index contributed by atoms with van der Waals surface area (Å²) in [5.74, 6) is 1.59. The van der Waals surface area contributed by atoms with E-state index in [1.165, 1.54) is 5.56 Å². The minimum atomic E-state index is -0.282. The maximum absolute atomic E-state index is 12.8. The second-order valence-electron chi connectivity index (χ2n) is 9.33. The van der Waals surface area contributed by atoms with E-state index in [-0.39, 0.29) is 23.7 Å². The molecule has 1 amide bonds. The van der Waals surface area contributed by atoms with Gasteiger partial charge in [0.1, 0.15) is 29.5 Å². The van der Waals surface area contributed by atoms with Gasteiger partial charge in [-0.2, -0.15) is 9.97 Å². The molecule has 1 atom stereocenters. The molecule has 3 aromatic rings. The summed E-state index contributed by atoms with van der Waals surface area (Å²) in [6.07, 6.45) is 7.66. The predicted octanol–water partition coefficient (Wildman–Crippen LogP) is 2.68. The zero-order valence-corrected chi connectivity index (χ0v) is 21.4. The van der Waals surface area contributed by atoms with Crippen molar-refractivity contribution in [3.8, 4) is 11.8 Å². The van der Waals surface area contributed by atoms with Crippen LogP contribution in [-0.2, 0) is 9.47 Å². The molecule has 0 spiro atoms. The van der Waals surface area contributed by atoms with Crippen LogP contribution in [0.15, 0.2) is 24.5 Å². The smallest absolute Gasteiger partial charge is 0.319 e. The van der Waals surface area contributed by atoms with Crippen LogP contribution in [0.3, 0.4) is 0 Å². The summed E-state index contributed by atoms with van der Waals surface area (Å²) in [6.45, 7) is 3.50. The van der Waals surface area contributed by atoms with Gasteiger partial charge in [-0.15, -0.1) is 0 Å². The number of nitrogens with zero attached hydrogens (tertiary/aromatic N) is 4.